The van der Waals surface area contributed by atoms with Gasteiger partial charge in [0.2, 0.25) is 5.75 Å². The fourth-order valence-electron chi connectivity index (χ4n) is 2.31. The van der Waals surface area contributed by atoms with Crippen LogP contribution in [0.1, 0.15) is 50.5 Å². The number of amides is 1. The fourth-order valence-corrected chi connectivity index (χ4v) is 2.31. The number of benzene rings is 1. The summed E-state index contributed by atoms with van der Waals surface area (Å²) < 4.78 is 5.68. The first-order valence-corrected chi connectivity index (χ1v) is 7.07. The number of ether oxygens (including phenoxy) is 1. The van der Waals surface area contributed by atoms with Crippen molar-refractivity contribution < 1.29 is 14.5 Å². The average molecular weight is 307 g/mol. The third kappa shape index (κ3) is 3.36. The summed E-state index contributed by atoms with van der Waals surface area (Å²) in [5, 5.41) is 11.1. The zero-order chi connectivity index (χ0) is 16.7. The Kier molecular flexibility index (Phi) is 3.87. The van der Waals surface area contributed by atoms with E-state index in [1.165, 1.54) is 12.1 Å². The molecule has 0 atom stereocenters. The number of hydrazine groups is 1. The van der Waals surface area contributed by atoms with Crippen LogP contribution in [0.5, 0.6) is 5.75 Å². The third-order valence-electron chi connectivity index (χ3n) is 3.21. The van der Waals surface area contributed by atoms with E-state index in [9.17, 15) is 14.9 Å². The topological polar surface area (TPSA) is 93.5 Å². The second-order valence-electron chi connectivity index (χ2n) is 7.06. The minimum absolute atomic E-state index is 0.110. The van der Waals surface area contributed by atoms with Crippen molar-refractivity contribution in [3.8, 4) is 5.75 Å². The lowest BCUT2D eigenvalue weighted by atomic mass is 9.96. The Morgan fingerprint density at radius 3 is 2.55 bits per heavy atom. The molecule has 7 nitrogen and oxygen atoms in total. The van der Waals surface area contributed by atoms with E-state index in [4.69, 9.17) is 4.74 Å². The number of nitrogens with zero attached hydrogens (tertiary/aromatic N) is 1. The van der Waals surface area contributed by atoms with Crippen LogP contribution < -0.4 is 15.6 Å². The molecule has 0 aromatic heterocycles. The van der Waals surface area contributed by atoms with Crippen LogP contribution in [-0.2, 0) is 6.42 Å². The summed E-state index contributed by atoms with van der Waals surface area (Å²) in [6, 6.07) is 2.79. The first-order valence-electron chi connectivity index (χ1n) is 7.07. The van der Waals surface area contributed by atoms with Crippen molar-refractivity contribution in [2.24, 2.45) is 0 Å². The Hall–Kier alpha value is -2.15. The van der Waals surface area contributed by atoms with E-state index < -0.39 is 10.5 Å². The maximum Gasteiger partial charge on any atom is 0.311 e. The van der Waals surface area contributed by atoms with Gasteiger partial charge in [-0.1, -0.05) is 0 Å². The largest absolute Gasteiger partial charge is 0.480 e. The van der Waals surface area contributed by atoms with Crippen molar-refractivity contribution in [2.45, 2.75) is 52.2 Å². The van der Waals surface area contributed by atoms with E-state index in [2.05, 4.69) is 10.9 Å². The van der Waals surface area contributed by atoms with Gasteiger partial charge in [0.05, 0.1) is 4.92 Å². The highest BCUT2D eigenvalue weighted by Gasteiger charge is 2.38. The standard InChI is InChI=1S/C15H21N3O4/c1-14(2,3)17-16-13(19)9-6-7-11(18(20)21)12-10(9)8-15(4,5)22-12/h6-7,17H,8H2,1-5H3,(H,16,19). The first kappa shape index (κ1) is 16.2. The van der Waals surface area contributed by atoms with E-state index >= 15 is 0 Å². The Balaban J connectivity index is 2.37. The number of hydrogen-bond acceptors (Lipinski definition) is 5. The molecule has 0 aliphatic carbocycles. The number of nitro benzene ring substituents is 1. The van der Waals surface area contributed by atoms with Gasteiger partial charge in [0.15, 0.2) is 0 Å². The molecule has 0 fully saturated rings. The molecule has 0 bridgehead atoms. The summed E-state index contributed by atoms with van der Waals surface area (Å²) in [6.07, 6.45) is 0.447. The molecule has 0 unspecified atom stereocenters. The zero-order valence-corrected chi connectivity index (χ0v) is 13.4. The van der Waals surface area contributed by atoms with Crippen LogP contribution >= 0.6 is 0 Å². The number of carbonyl (C=O) groups excluding carboxylic acids is 1. The predicted octanol–water partition coefficient (Wildman–Crippen LogP) is 2.34. The zero-order valence-electron chi connectivity index (χ0n) is 13.4. The molecular weight excluding hydrogens is 286 g/mol. The van der Waals surface area contributed by atoms with Crippen LogP contribution in [0.25, 0.3) is 0 Å². The molecule has 0 radical (unpaired) electrons. The quantitative estimate of drug-likeness (QED) is 0.660. The summed E-state index contributed by atoms with van der Waals surface area (Å²) >= 11 is 0. The molecule has 1 amide bonds. The van der Waals surface area contributed by atoms with Gasteiger partial charge >= 0.3 is 5.69 Å². The van der Waals surface area contributed by atoms with Gasteiger partial charge in [-0.15, -0.1) is 0 Å². The Bertz CT molecular complexity index is 632. The third-order valence-corrected chi connectivity index (χ3v) is 3.21. The van der Waals surface area contributed by atoms with E-state index in [0.717, 1.165) is 0 Å². The van der Waals surface area contributed by atoms with Crippen LogP contribution in [0, 0.1) is 10.1 Å². The number of nitro groups is 1. The second kappa shape index (κ2) is 5.24. The summed E-state index contributed by atoms with van der Waals surface area (Å²) in [6.45, 7) is 9.43. The number of fused-ring (bicyclic) bond motifs is 1. The van der Waals surface area contributed by atoms with Crippen molar-refractivity contribution in [1.29, 1.82) is 0 Å². The van der Waals surface area contributed by atoms with Gasteiger partial charge in [-0.05, 0) is 40.7 Å². The minimum Gasteiger partial charge on any atom is -0.480 e. The molecule has 1 heterocycles. The molecule has 120 valence electrons. The van der Waals surface area contributed by atoms with Crippen molar-refractivity contribution in [2.75, 3.05) is 0 Å². The van der Waals surface area contributed by atoms with Crippen LogP contribution in [0.3, 0.4) is 0 Å². The Morgan fingerprint density at radius 1 is 1.36 bits per heavy atom. The summed E-state index contributed by atoms with van der Waals surface area (Å²) in [7, 11) is 0. The molecular formula is C15H21N3O4. The van der Waals surface area contributed by atoms with Crippen LogP contribution in [0.15, 0.2) is 12.1 Å². The minimum atomic E-state index is -0.569. The van der Waals surface area contributed by atoms with Crippen molar-refractivity contribution in [3.63, 3.8) is 0 Å². The predicted molar refractivity (Wildman–Crippen MR) is 81.9 cm³/mol. The molecule has 1 aliphatic rings. The van der Waals surface area contributed by atoms with Gasteiger partial charge in [-0.25, -0.2) is 5.43 Å². The van der Waals surface area contributed by atoms with Gasteiger partial charge in [0.25, 0.3) is 5.91 Å². The molecule has 0 saturated heterocycles. The molecule has 0 spiro atoms. The smallest absolute Gasteiger partial charge is 0.311 e. The van der Waals surface area contributed by atoms with Crippen molar-refractivity contribution in [3.05, 3.63) is 33.4 Å². The lowest BCUT2D eigenvalue weighted by Gasteiger charge is -2.21. The van der Waals surface area contributed by atoms with Crippen molar-refractivity contribution in [1.82, 2.24) is 10.9 Å². The van der Waals surface area contributed by atoms with E-state index in [-0.39, 0.29) is 22.9 Å². The Morgan fingerprint density at radius 2 is 2.00 bits per heavy atom. The summed E-state index contributed by atoms with van der Waals surface area (Å²) in [5.74, 6) is -0.138. The van der Waals surface area contributed by atoms with E-state index in [1.807, 2.05) is 34.6 Å². The summed E-state index contributed by atoms with van der Waals surface area (Å²) in [4.78, 5) is 23.0. The fraction of sp³-hybridized carbons (Fsp3) is 0.533. The van der Waals surface area contributed by atoms with Gasteiger partial charge in [0.1, 0.15) is 5.60 Å². The average Bonchev–Trinajstić information content (AvgIpc) is 2.68. The monoisotopic (exact) mass is 307 g/mol. The number of nitrogens with one attached hydrogen (secondary N) is 2. The molecule has 1 aromatic carbocycles. The van der Waals surface area contributed by atoms with E-state index in [1.54, 1.807) is 0 Å². The maximum atomic E-state index is 12.3. The molecule has 0 saturated carbocycles. The molecule has 1 aliphatic heterocycles. The van der Waals surface area contributed by atoms with Gasteiger partial charge in [-0.2, -0.15) is 0 Å². The second-order valence-corrected chi connectivity index (χ2v) is 7.06. The van der Waals surface area contributed by atoms with Gasteiger partial charge < -0.3 is 4.74 Å². The van der Waals surface area contributed by atoms with Crippen LogP contribution in [-0.4, -0.2) is 22.0 Å². The molecule has 2 N–H and O–H groups in total. The normalized spacial score (nSPS) is 15.9. The summed E-state index contributed by atoms with van der Waals surface area (Å²) in [5.41, 5.74) is 5.53. The number of rotatable bonds is 3. The molecule has 22 heavy (non-hydrogen) atoms. The van der Waals surface area contributed by atoms with Crippen molar-refractivity contribution >= 4 is 11.6 Å². The maximum absolute atomic E-state index is 12.3. The highest BCUT2D eigenvalue weighted by atomic mass is 16.6. The number of hydrogen-bond donors (Lipinski definition) is 2. The molecule has 7 heteroatoms. The lowest BCUT2D eigenvalue weighted by Crippen LogP contribution is -2.48. The lowest BCUT2D eigenvalue weighted by molar-refractivity contribution is -0.386. The van der Waals surface area contributed by atoms with E-state index in [0.29, 0.717) is 17.5 Å². The highest BCUT2D eigenvalue weighted by Crippen LogP contribution is 2.43. The number of carbonyl (C=O) groups is 1. The van der Waals surface area contributed by atoms with Gasteiger partial charge in [0, 0.05) is 29.2 Å². The van der Waals surface area contributed by atoms with Crippen LogP contribution in [0.4, 0.5) is 5.69 Å². The first-order chi connectivity index (χ1) is 10.0. The van der Waals surface area contributed by atoms with Crippen LogP contribution in [0.2, 0.25) is 0 Å². The molecule has 2 rings (SSSR count). The van der Waals surface area contributed by atoms with Gasteiger partial charge in [-0.3, -0.25) is 20.3 Å². The Labute approximate surface area is 129 Å². The highest BCUT2D eigenvalue weighted by molar-refractivity contribution is 5.97. The SMILES string of the molecule is CC(C)(C)NNC(=O)c1ccc([N+](=O)[O-])c2c1CC(C)(C)O2. The molecule has 1 aromatic rings.